The molecule has 0 atom stereocenters. The molecule has 24 nitrogen and oxygen atoms in total. The zero-order valence-electron chi connectivity index (χ0n) is 49.4. The van der Waals surface area contributed by atoms with Crippen molar-refractivity contribution < 1.29 is 127 Å². The number of imide groups is 4. The standard InChI is InChI=1S/4C15H11NO4.2C3H7NO.2Rh/c4*17-12(18)7-8-16-14(19)10-5-1-3-9-4-2-6-11(13(9)10)15(16)20;2*1-4(2)3-5;;/h4*1-6H,7-8H2,(H,17,18);2*3H,1-2H3;;/q;;;;;;2*+2/p-4. The van der Waals surface area contributed by atoms with Gasteiger partial charge in [0.05, 0.1) is 0 Å². The molecule has 0 fully saturated rings. The van der Waals surface area contributed by atoms with Gasteiger partial charge in [-0.25, -0.2) is 0 Å². The monoisotopic (exact) mass is 1420 g/mol. The largest absolute Gasteiger partial charge is 2.00 e. The molecule has 0 saturated heterocycles. The van der Waals surface area contributed by atoms with Crippen LogP contribution in [0, 0.1) is 0 Å². The SMILES string of the molecule is CN(C)C=O.CN(C)C=O.O=C([O-])CCN1C(=O)c2cccc3cccc(c23)C1=O.O=C([O-])CCN1C(=O)c2cccc3cccc(c23)C1=O.O=C([O-])CCN1C(=O)c2cccc3cccc(c23)C1=O.O=C([O-])CCN1C(=O)c2cccc3cccc(c23)C1=O.[Rh+2].[Rh+2]. The van der Waals surface area contributed by atoms with E-state index in [1.807, 2.05) is 48.5 Å². The van der Waals surface area contributed by atoms with Gasteiger partial charge < -0.3 is 49.4 Å². The molecule has 8 aromatic carbocycles. The summed E-state index contributed by atoms with van der Waals surface area (Å²) in [6, 6.07) is 41.8. The molecule has 0 unspecified atom stereocenters. The second-order valence-electron chi connectivity index (χ2n) is 20.5. The molecular formula is C66H54N6O18Rh2. The van der Waals surface area contributed by atoms with Crippen molar-refractivity contribution >= 4 is 127 Å². The van der Waals surface area contributed by atoms with Crippen LogP contribution in [-0.2, 0) is 67.7 Å². The topological polar surface area (TPSA) is 351 Å². The van der Waals surface area contributed by atoms with Gasteiger partial charge in [0.15, 0.2) is 0 Å². The molecule has 92 heavy (non-hydrogen) atoms. The van der Waals surface area contributed by atoms with Gasteiger partial charge in [0, 0.05) is 170 Å². The van der Waals surface area contributed by atoms with E-state index in [1.165, 1.54) is 9.80 Å². The number of carboxylic acid groups (broad SMARTS) is 4. The number of nitrogens with zero attached hydrogens (tertiary/aromatic N) is 6. The van der Waals surface area contributed by atoms with Crippen molar-refractivity contribution in [2.24, 2.45) is 0 Å². The van der Waals surface area contributed by atoms with Gasteiger partial charge in [-0.3, -0.25) is 67.5 Å². The zero-order valence-corrected chi connectivity index (χ0v) is 52.6. The average molecular weight is 1420 g/mol. The number of carbonyl (C=O) groups is 14. The quantitative estimate of drug-likeness (QED) is 0.0849. The van der Waals surface area contributed by atoms with Crippen LogP contribution in [0.5, 0.6) is 0 Å². The summed E-state index contributed by atoms with van der Waals surface area (Å²) in [5.74, 6) is -8.82. The van der Waals surface area contributed by atoms with E-state index in [9.17, 15) is 87.5 Å². The maximum Gasteiger partial charge on any atom is 2.00 e. The van der Waals surface area contributed by atoms with Crippen molar-refractivity contribution in [2.45, 2.75) is 25.7 Å². The Morgan fingerprint density at radius 1 is 0.304 bits per heavy atom. The van der Waals surface area contributed by atoms with E-state index >= 15 is 0 Å². The van der Waals surface area contributed by atoms with Crippen molar-refractivity contribution in [3.8, 4) is 0 Å². The van der Waals surface area contributed by atoms with Crippen LogP contribution in [0.4, 0.5) is 0 Å². The van der Waals surface area contributed by atoms with E-state index in [2.05, 4.69) is 0 Å². The Hall–Kier alpha value is -10.6. The Labute approximate surface area is 550 Å². The smallest absolute Gasteiger partial charge is 0.550 e. The van der Waals surface area contributed by atoms with Crippen LogP contribution in [0.15, 0.2) is 146 Å². The van der Waals surface area contributed by atoms with Gasteiger partial charge in [-0.05, 0) is 70.1 Å². The van der Waals surface area contributed by atoms with Crippen LogP contribution in [-0.4, -0.2) is 168 Å². The number of aliphatic carboxylic acids is 4. The first-order valence-corrected chi connectivity index (χ1v) is 27.5. The molecule has 2 radical (unpaired) electrons. The van der Waals surface area contributed by atoms with E-state index < -0.39 is 71.1 Å². The summed E-state index contributed by atoms with van der Waals surface area (Å²) in [6.07, 6.45) is 0.0382. The van der Waals surface area contributed by atoms with Crippen LogP contribution >= 0.6 is 0 Å². The Bertz CT molecular complexity index is 3550. The number of carboxylic acids is 4. The molecule has 474 valence electrons. The number of hydrogen-bond donors (Lipinski definition) is 0. The van der Waals surface area contributed by atoms with Gasteiger partial charge in [-0.15, -0.1) is 0 Å². The van der Waals surface area contributed by atoms with Crippen LogP contribution in [0.1, 0.15) is 109 Å². The number of hydrogen-bond acceptors (Lipinski definition) is 18. The van der Waals surface area contributed by atoms with E-state index in [4.69, 9.17) is 0 Å². The second kappa shape index (κ2) is 32.3. The molecule has 0 aromatic heterocycles. The first-order valence-electron chi connectivity index (χ1n) is 27.5. The van der Waals surface area contributed by atoms with Crippen LogP contribution in [0.25, 0.3) is 43.1 Å². The van der Waals surface area contributed by atoms with Crippen molar-refractivity contribution in [3.05, 3.63) is 190 Å². The molecule has 10 amide bonds. The summed E-state index contributed by atoms with van der Waals surface area (Å²) in [5, 5.41) is 47.9. The third-order valence-electron chi connectivity index (χ3n) is 14.0. The molecular weight excluding hydrogens is 1370 g/mol. The van der Waals surface area contributed by atoms with Crippen molar-refractivity contribution in [1.82, 2.24) is 29.4 Å². The minimum atomic E-state index is -1.29. The minimum absolute atomic E-state index is 0. The number of carbonyl (C=O) groups excluding carboxylic acids is 14. The van der Waals surface area contributed by atoms with Crippen molar-refractivity contribution in [3.63, 3.8) is 0 Å². The third-order valence-corrected chi connectivity index (χ3v) is 14.0. The van der Waals surface area contributed by atoms with E-state index in [-0.39, 0.29) is 90.8 Å². The Morgan fingerprint density at radius 2 is 0.435 bits per heavy atom. The molecule has 0 saturated carbocycles. The van der Waals surface area contributed by atoms with E-state index in [1.54, 1.807) is 125 Å². The van der Waals surface area contributed by atoms with Gasteiger partial charge in [0.25, 0.3) is 47.3 Å². The van der Waals surface area contributed by atoms with Crippen molar-refractivity contribution in [2.75, 3.05) is 54.4 Å². The van der Waals surface area contributed by atoms with Crippen LogP contribution < -0.4 is 20.4 Å². The third kappa shape index (κ3) is 16.2. The fourth-order valence-electron chi connectivity index (χ4n) is 9.95. The number of amides is 10. The maximum atomic E-state index is 12.3. The molecule has 0 bridgehead atoms. The summed E-state index contributed by atoms with van der Waals surface area (Å²) >= 11 is 0. The Morgan fingerprint density at radius 3 is 0.543 bits per heavy atom. The van der Waals surface area contributed by atoms with Gasteiger partial charge >= 0.3 is 39.0 Å². The number of rotatable bonds is 14. The predicted octanol–water partition coefficient (Wildman–Crippen LogP) is 1.71. The Kier molecular flexibility index (Phi) is 25.3. The van der Waals surface area contributed by atoms with Gasteiger partial charge in [0.2, 0.25) is 12.8 Å². The summed E-state index contributed by atoms with van der Waals surface area (Å²) < 4.78 is 0. The molecule has 0 aliphatic carbocycles. The summed E-state index contributed by atoms with van der Waals surface area (Å²) in [5.41, 5.74) is 3.42. The molecule has 12 rings (SSSR count). The number of benzene rings is 8. The summed E-state index contributed by atoms with van der Waals surface area (Å²) in [4.78, 5) is 166. The fraction of sp³-hybridized carbons (Fsp3) is 0.182. The molecule has 0 spiro atoms. The van der Waals surface area contributed by atoms with E-state index in [0.29, 0.717) is 66.1 Å². The first kappa shape index (κ1) is 72.2. The predicted molar refractivity (Wildman–Crippen MR) is 315 cm³/mol. The van der Waals surface area contributed by atoms with E-state index in [0.717, 1.165) is 54.0 Å². The summed E-state index contributed by atoms with van der Waals surface area (Å²) in [6.45, 7) is -0.703. The molecule has 8 aromatic rings. The van der Waals surface area contributed by atoms with Crippen LogP contribution in [0.2, 0.25) is 0 Å². The first-order chi connectivity index (χ1) is 42.9. The van der Waals surface area contributed by atoms with Crippen molar-refractivity contribution in [1.29, 1.82) is 0 Å². The zero-order chi connectivity index (χ0) is 65.7. The fourth-order valence-corrected chi connectivity index (χ4v) is 9.95. The maximum absolute atomic E-state index is 12.3. The molecule has 4 heterocycles. The Balaban J connectivity index is 0.000000210. The second-order valence-corrected chi connectivity index (χ2v) is 20.5. The average Bonchev–Trinajstić information content (AvgIpc) is 0.786. The van der Waals surface area contributed by atoms with Crippen LogP contribution in [0.3, 0.4) is 0 Å². The van der Waals surface area contributed by atoms with Gasteiger partial charge in [0.1, 0.15) is 0 Å². The van der Waals surface area contributed by atoms with Gasteiger partial charge in [-0.2, -0.15) is 0 Å². The minimum Gasteiger partial charge on any atom is -0.550 e. The molecule has 4 aliphatic heterocycles. The summed E-state index contributed by atoms with van der Waals surface area (Å²) in [7, 11) is 6.75. The normalized spacial score (nSPS) is 12.8. The molecule has 0 N–H and O–H groups in total. The van der Waals surface area contributed by atoms with Gasteiger partial charge in [-0.1, -0.05) is 97.1 Å². The molecule has 26 heteroatoms. The molecule has 4 aliphatic rings.